The molecule has 14 heavy (non-hydrogen) atoms. The van der Waals surface area contributed by atoms with Gasteiger partial charge in [-0.05, 0) is 18.1 Å². The summed E-state index contributed by atoms with van der Waals surface area (Å²) in [5.74, 6) is 6.57. The Morgan fingerprint density at radius 3 is 2.21 bits per heavy atom. The van der Waals surface area contributed by atoms with E-state index in [-0.39, 0.29) is 5.04 Å². The van der Waals surface area contributed by atoms with Gasteiger partial charge < -0.3 is 4.43 Å². The van der Waals surface area contributed by atoms with Crippen LogP contribution in [0.5, 0.6) is 0 Å². The van der Waals surface area contributed by atoms with Gasteiger partial charge in [0, 0.05) is 12.3 Å². The zero-order valence-electron chi connectivity index (χ0n) is 9.91. The van der Waals surface area contributed by atoms with Crippen LogP contribution in [0.3, 0.4) is 0 Å². The summed E-state index contributed by atoms with van der Waals surface area (Å²) < 4.78 is 5.86. The van der Waals surface area contributed by atoms with Crippen LogP contribution in [0.15, 0.2) is 0 Å². The van der Waals surface area contributed by atoms with Crippen LogP contribution in [-0.2, 0) is 4.43 Å². The molecule has 0 aromatic carbocycles. The highest BCUT2D eigenvalue weighted by molar-refractivity contribution is 6.74. The number of hydrogen-bond donors (Lipinski definition) is 0. The first-order chi connectivity index (χ1) is 6.31. The molecule has 0 unspecified atom stereocenters. The van der Waals surface area contributed by atoms with Gasteiger partial charge in [0.2, 0.25) is 0 Å². The molecule has 82 valence electrons. The molecule has 0 aromatic rings. The molecule has 0 bridgehead atoms. The minimum atomic E-state index is -1.60. The SMILES string of the molecule is CC(C)(C)[Si](C)(C)OCC#CCCCl. The van der Waals surface area contributed by atoms with Crippen LogP contribution in [0.4, 0.5) is 0 Å². The molecule has 0 rings (SSSR count). The molecule has 0 radical (unpaired) electrons. The maximum atomic E-state index is 5.86. The third-order valence-corrected chi connectivity index (χ3v) is 7.32. The maximum absolute atomic E-state index is 5.86. The molecule has 0 spiro atoms. The summed E-state index contributed by atoms with van der Waals surface area (Å²) in [6, 6.07) is 0. The summed E-state index contributed by atoms with van der Waals surface area (Å²) in [4.78, 5) is 0. The Balaban J connectivity index is 3.97. The summed E-state index contributed by atoms with van der Waals surface area (Å²) in [7, 11) is -1.60. The Morgan fingerprint density at radius 1 is 1.21 bits per heavy atom. The Labute approximate surface area is 94.3 Å². The number of rotatable bonds is 3. The van der Waals surface area contributed by atoms with E-state index in [1.165, 1.54) is 0 Å². The molecule has 0 atom stereocenters. The Hall–Kier alpha value is 0.0269. The van der Waals surface area contributed by atoms with Gasteiger partial charge in [-0.15, -0.1) is 11.6 Å². The van der Waals surface area contributed by atoms with Crippen molar-refractivity contribution >= 4 is 19.9 Å². The first kappa shape index (κ1) is 14.0. The van der Waals surface area contributed by atoms with E-state index in [1.807, 2.05) is 0 Å². The third kappa shape index (κ3) is 5.04. The summed E-state index contributed by atoms with van der Waals surface area (Å²) in [5, 5.41) is 0.265. The molecular weight excluding hydrogens is 212 g/mol. The molecule has 0 saturated carbocycles. The second kappa shape index (κ2) is 5.80. The minimum absolute atomic E-state index is 0.265. The van der Waals surface area contributed by atoms with Crippen LogP contribution in [0.1, 0.15) is 27.2 Å². The van der Waals surface area contributed by atoms with E-state index in [0.717, 1.165) is 6.42 Å². The predicted octanol–water partition coefficient (Wildman–Crippen LogP) is 3.64. The highest BCUT2D eigenvalue weighted by Gasteiger charge is 2.36. The van der Waals surface area contributed by atoms with Gasteiger partial charge in [-0.2, -0.15) is 0 Å². The van der Waals surface area contributed by atoms with E-state index < -0.39 is 8.32 Å². The number of hydrogen-bond acceptors (Lipinski definition) is 1. The second-order valence-electron chi connectivity index (χ2n) is 4.84. The lowest BCUT2D eigenvalue weighted by Crippen LogP contribution is -2.40. The predicted molar refractivity (Wildman–Crippen MR) is 66.3 cm³/mol. The van der Waals surface area contributed by atoms with Crippen molar-refractivity contribution in [2.24, 2.45) is 0 Å². The maximum Gasteiger partial charge on any atom is 0.193 e. The Kier molecular flexibility index (Phi) is 5.81. The molecule has 0 aliphatic carbocycles. The molecule has 0 saturated heterocycles. The van der Waals surface area contributed by atoms with Gasteiger partial charge >= 0.3 is 0 Å². The van der Waals surface area contributed by atoms with Crippen LogP contribution in [0.2, 0.25) is 18.1 Å². The lowest BCUT2D eigenvalue weighted by atomic mass is 10.2. The van der Waals surface area contributed by atoms with Crippen molar-refractivity contribution in [3.63, 3.8) is 0 Å². The van der Waals surface area contributed by atoms with Crippen molar-refractivity contribution in [3.05, 3.63) is 0 Å². The first-order valence-electron chi connectivity index (χ1n) is 4.97. The van der Waals surface area contributed by atoms with Gasteiger partial charge in [0.15, 0.2) is 8.32 Å². The third-order valence-electron chi connectivity index (χ3n) is 2.66. The Morgan fingerprint density at radius 2 is 1.79 bits per heavy atom. The monoisotopic (exact) mass is 232 g/mol. The molecule has 0 aliphatic rings. The second-order valence-corrected chi connectivity index (χ2v) is 10.0. The fraction of sp³-hybridized carbons (Fsp3) is 0.818. The number of halogens is 1. The van der Waals surface area contributed by atoms with Crippen LogP contribution in [0, 0.1) is 11.8 Å². The zero-order valence-corrected chi connectivity index (χ0v) is 11.7. The fourth-order valence-electron chi connectivity index (χ4n) is 0.620. The van der Waals surface area contributed by atoms with Gasteiger partial charge in [0.1, 0.15) is 0 Å². The lowest BCUT2D eigenvalue weighted by Gasteiger charge is -2.35. The van der Waals surface area contributed by atoms with Crippen molar-refractivity contribution in [2.45, 2.75) is 45.3 Å². The van der Waals surface area contributed by atoms with Crippen LogP contribution >= 0.6 is 11.6 Å². The first-order valence-corrected chi connectivity index (χ1v) is 8.41. The van der Waals surface area contributed by atoms with Crippen LogP contribution in [0.25, 0.3) is 0 Å². The van der Waals surface area contributed by atoms with Crippen molar-refractivity contribution in [1.29, 1.82) is 0 Å². The van der Waals surface area contributed by atoms with Gasteiger partial charge in [-0.3, -0.25) is 0 Å². The summed E-state index contributed by atoms with van der Waals surface area (Å²) in [6.07, 6.45) is 0.752. The van der Waals surface area contributed by atoms with Crippen molar-refractivity contribution in [3.8, 4) is 11.8 Å². The molecule has 0 fully saturated rings. The molecule has 0 N–H and O–H groups in total. The van der Waals surface area contributed by atoms with Crippen molar-refractivity contribution in [2.75, 3.05) is 12.5 Å². The van der Waals surface area contributed by atoms with E-state index in [2.05, 4.69) is 45.7 Å². The standard InChI is InChI=1S/C11H21ClOSi/c1-11(2,3)14(4,5)13-10-8-6-7-9-12/h7,9-10H2,1-5H3. The molecule has 1 nitrogen and oxygen atoms in total. The van der Waals surface area contributed by atoms with E-state index in [4.69, 9.17) is 16.0 Å². The fourth-order valence-corrected chi connectivity index (χ4v) is 1.58. The molecule has 0 heterocycles. The highest BCUT2D eigenvalue weighted by Crippen LogP contribution is 2.36. The van der Waals surface area contributed by atoms with Crippen LogP contribution in [-0.4, -0.2) is 20.8 Å². The van der Waals surface area contributed by atoms with E-state index >= 15 is 0 Å². The smallest absolute Gasteiger partial charge is 0.193 e. The molecule has 0 aliphatic heterocycles. The van der Waals surface area contributed by atoms with E-state index in [9.17, 15) is 0 Å². The van der Waals surface area contributed by atoms with Gasteiger partial charge in [0.25, 0.3) is 0 Å². The minimum Gasteiger partial charge on any atom is -0.406 e. The van der Waals surface area contributed by atoms with Gasteiger partial charge in [-0.25, -0.2) is 0 Å². The quantitative estimate of drug-likeness (QED) is 0.410. The molecular formula is C11H21ClOSi. The van der Waals surface area contributed by atoms with Gasteiger partial charge in [0.05, 0.1) is 6.61 Å². The molecule has 3 heteroatoms. The number of alkyl halides is 1. The lowest BCUT2D eigenvalue weighted by molar-refractivity contribution is 0.334. The van der Waals surface area contributed by atoms with E-state index in [0.29, 0.717) is 12.5 Å². The normalized spacial score (nSPS) is 12.1. The van der Waals surface area contributed by atoms with Crippen LogP contribution < -0.4 is 0 Å². The topological polar surface area (TPSA) is 9.23 Å². The molecule has 0 aromatic heterocycles. The molecule has 0 amide bonds. The van der Waals surface area contributed by atoms with Crippen molar-refractivity contribution in [1.82, 2.24) is 0 Å². The largest absolute Gasteiger partial charge is 0.406 e. The summed E-state index contributed by atoms with van der Waals surface area (Å²) in [6.45, 7) is 11.7. The zero-order chi connectivity index (χ0) is 11.2. The average Bonchev–Trinajstić information content (AvgIpc) is 2.02. The summed E-state index contributed by atoms with van der Waals surface area (Å²) in [5.41, 5.74) is 0. The van der Waals surface area contributed by atoms with Crippen molar-refractivity contribution < 1.29 is 4.43 Å². The summed E-state index contributed by atoms with van der Waals surface area (Å²) >= 11 is 5.51. The Bertz CT molecular complexity index is 220. The van der Waals surface area contributed by atoms with E-state index in [1.54, 1.807) is 0 Å². The highest BCUT2D eigenvalue weighted by atomic mass is 35.5. The van der Waals surface area contributed by atoms with Gasteiger partial charge in [-0.1, -0.05) is 32.6 Å². The average molecular weight is 233 g/mol.